The Balaban J connectivity index is 1.97. The van der Waals surface area contributed by atoms with Crippen molar-refractivity contribution in [3.63, 3.8) is 0 Å². The molecule has 1 amide bonds. The number of alkyl halides is 3. The number of nitrogens with zero attached hydrogens (tertiary/aromatic N) is 4. The molecule has 0 unspecified atom stereocenters. The topological polar surface area (TPSA) is 70.6 Å². The molecule has 0 bridgehead atoms. The largest absolute Gasteiger partial charge is 0.481 e. The SMILES string of the molecule is CCN1CCN(C(=O)CNc2nc(OC)cc(C(F)(F)F)n2)CC1. The minimum Gasteiger partial charge on any atom is -0.481 e. The van der Waals surface area contributed by atoms with Crippen LogP contribution in [0, 0.1) is 0 Å². The normalized spacial score (nSPS) is 16.1. The second-order valence-corrected chi connectivity index (χ2v) is 5.29. The Labute approximate surface area is 137 Å². The Hall–Kier alpha value is -2.10. The summed E-state index contributed by atoms with van der Waals surface area (Å²) < 4.78 is 43.1. The highest BCUT2D eigenvalue weighted by Crippen LogP contribution is 2.30. The number of methoxy groups -OCH3 is 1. The number of likely N-dealkylation sites (N-methyl/N-ethyl adjacent to an activating group) is 1. The predicted octanol–water partition coefficient (Wildman–Crippen LogP) is 1.08. The lowest BCUT2D eigenvalue weighted by Crippen LogP contribution is -2.49. The van der Waals surface area contributed by atoms with E-state index in [-0.39, 0.29) is 24.3 Å². The van der Waals surface area contributed by atoms with Crippen LogP contribution in [-0.2, 0) is 11.0 Å². The van der Waals surface area contributed by atoms with Crippen molar-refractivity contribution in [2.45, 2.75) is 13.1 Å². The van der Waals surface area contributed by atoms with Crippen molar-refractivity contribution in [1.82, 2.24) is 19.8 Å². The Morgan fingerprint density at radius 1 is 1.29 bits per heavy atom. The molecule has 2 rings (SSSR count). The summed E-state index contributed by atoms with van der Waals surface area (Å²) in [5.41, 5.74) is -1.12. The van der Waals surface area contributed by atoms with Crippen LogP contribution < -0.4 is 10.1 Å². The van der Waals surface area contributed by atoms with E-state index in [0.717, 1.165) is 19.6 Å². The monoisotopic (exact) mass is 347 g/mol. The first-order valence-corrected chi connectivity index (χ1v) is 7.57. The van der Waals surface area contributed by atoms with E-state index in [0.29, 0.717) is 19.2 Å². The first kappa shape index (κ1) is 18.2. The van der Waals surface area contributed by atoms with Gasteiger partial charge in [0.2, 0.25) is 17.7 Å². The lowest BCUT2D eigenvalue weighted by atomic mass is 10.3. The number of halogens is 3. The van der Waals surface area contributed by atoms with Gasteiger partial charge in [-0.15, -0.1) is 0 Å². The number of carbonyl (C=O) groups excluding carboxylic acids is 1. The van der Waals surface area contributed by atoms with Crippen LogP contribution in [0.4, 0.5) is 19.1 Å². The lowest BCUT2D eigenvalue weighted by molar-refractivity contribution is -0.141. The molecule has 0 aromatic carbocycles. The second kappa shape index (κ2) is 7.65. The van der Waals surface area contributed by atoms with E-state index >= 15 is 0 Å². The minimum absolute atomic E-state index is 0.170. The molecule has 0 saturated carbocycles. The molecule has 0 radical (unpaired) electrons. The van der Waals surface area contributed by atoms with Crippen molar-refractivity contribution >= 4 is 11.9 Å². The average Bonchev–Trinajstić information content (AvgIpc) is 2.58. The van der Waals surface area contributed by atoms with Crippen LogP contribution in [0.2, 0.25) is 0 Å². The molecule has 1 aromatic heterocycles. The summed E-state index contributed by atoms with van der Waals surface area (Å²) in [4.78, 5) is 23.2. The van der Waals surface area contributed by atoms with Gasteiger partial charge in [0.15, 0.2) is 5.69 Å². The quantitative estimate of drug-likeness (QED) is 0.860. The van der Waals surface area contributed by atoms with Gasteiger partial charge in [0.25, 0.3) is 0 Å². The molecule has 24 heavy (non-hydrogen) atoms. The van der Waals surface area contributed by atoms with Crippen LogP contribution in [0.1, 0.15) is 12.6 Å². The number of aromatic nitrogens is 2. The van der Waals surface area contributed by atoms with Gasteiger partial charge >= 0.3 is 6.18 Å². The highest BCUT2D eigenvalue weighted by molar-refractivity contribution is 5.80. The first-order chi connectivity index (χ1) is 11.3. The third-order valence-corrected chi connectivity index (χ3v) is 3.77. The molecule has 0 aliphatic carbocycles. The molecule has 7 nitrogen and oxygen atoms in total. The highest BCUT2D eigenvalue weighted by Gasteiger charge is 2.34. The zero-order valence-electron chi connectivity index (χ0n) is 13.6. The summed E-state index contributed by atoms with van der Waals surface area (Å²) >= 11 is 0. The number of hydrogen-bond acceptors (Lipinski definition) is 6. The molecule has 1 aliphatic heterocycles. The molecular weight excluding hydrogens is 327 g/mol. The van der Waals surface area contributed by atoms with Crippen molar-refractivity contribution in [1.29, 1.82) is 0 Å². The Kier molecular flexibility index (Phi) is 5.81. The third kappa shape index (κ3) is 4.70. The number of anilines is 1. The van der Waals surface area contributed by atoms with Crippen LogP contribution in [0.25, 0.3) is 0 Å². The van der Waals surface area contributed by atoms with E-state index in [1.165, 1.54) is 7.11 Å². The van der Waals surface area contributed by atoms with Gasteiger partial charge in [-0.1, -0.05) is 6.92 Å². The van der Waals surface area contributed by atoms with Crippen LogP contribution in [0.15, 0.2) is 6.07 Å². The lowest BCUT2D eigenvalue weighted by Gasteiger charge is -2.34. The molecule has 1 fully saturated rings. The number of piperazine rings is 1. The third-order valence-electron chi connectivity index (χ3n) is 3.77. The number of hydrogen-bond donors (Lipinski definition) is 1. The maximum atomic E-state index is 12.8. The number of ether oxygens (including phenoxy) is 1. The average molecular weight is 347 g/mol. The van der Waals surface area contributed by atoms with Gasteiger partial charge in [-0.3, -0.25) is 4.79 Å². The zero-order valence-corrected chi connectivity index (χ0v) is 13.6. The van der Waals surface area contributed by atoms with Crippen LogP contribution >= 0.6 is 0 Å². The summed E-state index contributed by atoms with van der Waals surface area (Å²) in [6, 6.07) is 0.705. The summed E-state index contributed by atoms with van der Waals surface area (Å²) in [7, 11) is 1.21. The van der Waals surface area contributed by atoms with E-state index < -0.39 is 11.9 Å². The van der Waals surface area contributed by atoms with Crippen molar-refractivity contribution < 1.29 is 22.7 Å². The Morgan fingerprint density at radius 2 is 1.96 bits per heavy atom. The summed E-state index contributed by atoms with van der Waals surface area (Å²) in [5.74, 6) is -0.711. The van der Waals surface area contributed by atoms with Crippen LogP contribution in [0.3, 0.4) is 0 Å². The molecule has 1 saturated heterocycles. The second-order valence-electron chi connectivity index (χ2n) is 5.29. The van der Waals surface area contributed by atoms with E-state index in [1.54, 1.807) is 4.90 Å². The fourth-order valence-corrected chi connectivity index (χ4v) is 2.33. The Bertz CT molecular complexity index is 574. The van der Waals surface area contributed by atoms with Gasteiger partial charge in [-0.25, -0.2) is 4.98 Å². The molecular formula is C14H20F3N5O2. The summed E-state index contributed by atoms with van der Waals surface area (Å²) in [6.45, 7) is 5.58. The van der Waals surface area contributed by atoms with Crippen molar-refractivity contribution in [3.8, 4) is 5.88 Å². The Morgan fingerprint density at radius 3 is 2.50 bits per heavy atom. The van der Waals surface area contributed by atoms with Crippen molar-refractivity contribution in [2.75, 3.05) is 51.7 Å². The molecule has 2 heterocycles. The number of nitrogens with one attached hydrogen (secondary N) is 1. The van der Waals surface area contributed by atoms with Gasteiger partial charge in [-0.05, 0) is 6.54 Å². The van der Waals surface area contributed by atoms with E-state index in [2.05, 4.69) is 27.1 Å². The minimum atomic E-state index is -4.62. The maximum absolute atomic E-state index is 12.8. The highest BCUT2D eigenvalue weighted by atomic mass is 19.4. The smallest absolute Gasteiger partial charge is 0.433 e. The summed E-state index contributed by atoms with van der Waals surface area (Å²) in [6.07, 6.45) is -4.62. The van der Waals surface area contributed by atoms with E-state index in [1.807, 2.05) is 0 Å². The zero-order chi connectivity index (χ0) is 17.7. The molecule has 1 N–H and O–H groups in total. The fraction of sp³-hybridized carbons (Fsp3) is 0.643. The fourth-order valence-electron chi connectivity index (χ4n) is 2.33. The molecule has 0 spiro atoms. The van der Waals surface area contributed by atoms with Gasteiger partial charge in [0.05, 0.1) is 13.7 Å². The molecule has 134 valence electrons. The van der Waals surface area contributed by atoms with Gasteiger partial charge in [0, 0.05) is 32.2 Å². The number of rotatable bonds is 5. The van der Waals surface area contributed by atoms with Crippen LogP contribution in [-0.4, -0.2) is 72.1 Å². The molecule has 10 heteroatoms. The first-order valence-electron chi connectivity index (χ1n) is 7.57. The maximum Gasteiger partial charge on any atom is 0.433 e. The van der Waals surface area contributed by atoms with E-state index in [4.69, 9.17) is 4.74 Å². The number of amides is 1. The van der Waals surface area contributed by atoms with Crippen molar-refractivity contribution in [3.05, 3.63) is 11.8 Å². The summed E-state index contributed by atoms with van der Waals surface area (Å²) in [5, 5.41) is 2.55. The van der Waals surface area contributed by atoms with Gasteiger partial charge < -0.3 is 19.9 Å². The van der Waals surface area contributed by atoms with Gasteiger partial charge in [0.1, 0.15) is 0 Å². The van der Waals surface area contributed by atoms with Gasteiger partial charge in [-0.2, -0.15) is 18.2 Å². The number of carbonyl (C=O) groups is 1. The standard InChI is InChI=1S/C14H20F3N5O2/c1-3-21-4-6-22(7-5-21)12(23)9-18-13-19-10(14(15,16)17)8-11(20-13)24-2/h8H,3-7,9H2,1-2H3,(H,18,19,20). The molecule has 1 aliphatic rings. The molecule has 0 atom stereocenters. The molecule has 1 aromatic rings. The predicted molar refractivity (Wildman–Crippen MR) is 80.8 cm³/mol. The van der Waals surface area contributed by atoms with E-state index in [9.17, 15) is 18.0 Å². The van der Waals surface area contributed by atoms with Crippen molar-refractivity contribution in [2.24, 2.45) is 0 Å². The van der Waals surface area contributed by atoms with Crippen LogP contribution in [0.5, 0.6) is 5.88 Å².